The largest absolute Gasteiger partial charge is 0.489 e. The topological polar surface area (TPSA) is 96.7 Å². The fourth-order valence-electron chi connectivity index (χ4n) is 3.25. The lowest BCUT2D eigenvalue weighted by atomic mass is 10.2. The van der Waals surface area contributed by atoms with E-state index in [2.05, 4.69) is 5.16 Å². The molecule has 2 aromatic carbocycles. The van der Waals surface area contributed by atoms with Crippen LogP contribution in [0.4, 0.5) is 0 Å². The molecule has 0 aliphatic heterocycles. The van der Waals surface area contributed by atoms with Crippen LogP contribution in [-0.4, -0.2) is 22.3 Å². The van der Waals surface area contributed by atoms with Crippen molar-refractivity contribution < 1.29 is 23.2 Å². The van der Waals surface area contributed by atoms with E-state index in [0.29, 0.717) is 36.5 Å². The van der Waals surface area contributed by atoms with Gasteiger partial charge >= 0.3 is 11.7 Å². The first-order valence-electron chi connectivity index (χ1n) is 9.93. The minimum Gasteiger partial charge on any atom is -0.489 e. The number of benzene rings is 2. The first-order chi connectivity index (χ1) is 15.0. The Morgan fingerprint density at radius 2 is 1.87 bits per heavy atom. The minimum atomic E-state index is -0.429. The number of fused-ring (bicyclic) bond motifs is 1. The third kappa shape index (κ3) is 4.53. The van der Waals surface area contributed by atoms with Crippen LogP contribution in [0.5, 0.6) is 5.75 Å². The second-order valence-corrected chi connectivity index (χ2v) is 7.09. The van der Waals surface area contributed by atoms with E-state index in [0.717, 1.165) is 22.5 Å². The lowest BCUT2D eigenvalue weighted by Crippen LogP contribution is -2.16. The van der Waals surface area contributed by atoms with Gasteiger partial charge in [-0.05, 0) is 56.7 Å². The highest BCUT2D eigenvalue weighted by Gasteiger charge is 2.12. The number of aromatic nitrogens is 2. The predicted molar refractivity (Wildman–Crippen MR) is 112 cm³/mol. The Kier molecular flexibility index (Phi) is 5.88. The predicted octanol–water partition coefficient (Wildman–Crippen LogP) is 4.03. The van der Waals surface area contributed by atoms with Crippen LogP contribution in [0.3, 0.4) is 0 Å². The zero-order valence-electron chi connectivity index (χ0n) is 17.3. The van der Waals surface area contributed by atoms with Crippen LogP contribution in [0.2, 0.25) is 0 Å². The molecule has 0 radical (unpaired) electrons. The van der Waals surface area contributed by atoms with E-state index in [9.17, 15) is 9.59 Å². The summed E-state index contributed by atoms with van der Waals surface area (Å²) >= 11 is 0. The zero-order valence-corrected chi connectivity index (χ0v) is 17.3. The van der Waals surface area contributed by atoms with Gasteiger partial charge in [0, 0.05) is 6.54 Å². The third-order valence-corrected chi connectivity index (χ3v) is 4.99. The fraction of sp³-hybridized carbons (Fsp3) is 0.261. The maximum Gasteiger partial charge on any atom is 0.419 e. The Morgan fingerprint density at radius 1 is 1.10 bits per heavy atom. The molecule has 160 valence electrons. The van der Waals surface area contributed by atoms with Crippen LogP contribution in [0.1, 0.15) is 33.8 Å². The van der Waals surface area contributed by atoms with Crippen molar-refractivity contribution in [2.45, 2.75) is 33.4 Å². The summed E-state index contributed by atoms with van der Waals surface area (Å²) in [6.07, 6.45) is 0.494. The van der Waals surface area contributed by atoms with Gasteiger partial charge in [-0.3, -0.25) is 4.57 Å². The number of rotatable bonds is 8. The maximum atomic E-state index is 12.3. The molecule has 0 aliphatic rings. The summed E-state index contributed by atoms with van der Waals surface area (Å²) in [5.41, 5.74) is 3.40. The molecule has 4 rings (SSSR count). The van der Waals surface area contributed by atoms with Crippen molar-refractivity contribution in [3.63, 3.8) is 0 Å². The lowest BCUT2D eigenvalue weighted by Gasteiger charge is -2.08. The average molecular weight is 422 g/mol. The Morgan fingerprint density at radius 3 is 2.61 bits per heavy atom. The summed E-state index contributed by atoms with van der Waals surface area (Å²) in [5.74, 6) is 0.507. The molecule has 8 nitrogen and oxygen atoms in total. The van der Waals surface area contributed by atoms with Gasteiger partial charge in [-0.2, -0.15) is 0 Å². The number of esters is 1. The van der Waals surface area contributed by atoms with Crippen molar-refractivity contribution in [3.05, 3.63) is 81.7 Å². The Balaban J connectivity index is 1.27. The van der Waals surface area contributed by atoms with E-state index in [1.807, 2.05) is 32.0 Å². The molecule has 0 aliphatic carbocycles. The van der Waals surface area contributed by atoms with Crippen LogP contribution >= 0.6 is 0 Å². The highest BCUT2D eigenvalue weighted by Crippen LogP contribution is 2.18. The van der Waals surface area contributed by atoms with Gasteiger partial charge in [0.1, 0.15) is 18.1 Å². The van der Waals surface area contributed by atoms with Crippen molar-refractivity contribution in [1.82, 2.24) is 9.72 Å². The quantitative estimate of drug-likeness (QED) is 0.312. The number of aryl methyl sites for hydroxylation is 3. The number of hydrogen-bond donors (Lipinski definition) is 0. The molecule has 0 unspecified atom stereocenters. The molecule has 0 fully saturated rings. The van der Waals surface area contributed by atoms with E-state index in [4.69, 9.17) is 18.4 Å². The van der Waals surface area contributed by atoms with Crippen molar-refractivity contribution in [1.29, 1.82) is 0 Å². The number of ether oxygens (including phenoxy) is 2. The standard InChI is InChI=1S/C23H22N2O6/c1-15-19(16(2)31-24-15)14-29-18-10-8-17(9-11-18)22(26)28-13-5-12-25-20-6-3-4-7-21(20)30-23(25)27/h3-4,6-11H,5,12-14H2,1-2H3. The van der Waals surface area contributed by atoms with Crippen LogP contribution in [-0.2, 0) is 17.9 Å². The molecule has 0 atom stereocenters. The van der Waals surface area contributed by atoms with Gasteiger partial charge in [-0.15, -0.1) is 0 Å². The number of carbonyl (C=O) groups excluding carboxylic acids is 1. The number of para-hydroxylation sites is 2. The fourth-order valence-corrected chi connectivity index (χ4v) is 3.25. The number of hydrogen-bond acceptors (Lipinski definition) is 7. The van der Waals surface area contributed by atoms with E-state index >= 15 is 0 Å². The highest BCUT2D eigenvalue weighted by atomic mass is 16.5. The molecule has 0 bridgehead atoms. The average Bonchev–Trinajstić information content (AvgIpc) is 3.27. The van der Waals surface area contributed by atoms with Gasteiger partial charge in [-0.25, -0.2) is 9.59 Å². The van der Waals surface area contributed by atoms with Gasteiger partial charge < -0.3 is 18.4 Å². The van der Waals surface area contributed by atoms with Crippen LogP contribution in [0.15, 0.2) is 62.3 Å². The molecule has 2 heterocycles. The third-order valence-electron chi connectivity index (χ3n) is 4.99. The summed E-state index contributed by atoms with van der Waals surface area (Å²) in [6.45, 7) is 4.63. The number of carbonyl (C=O) groups is 1. The van der Waals surface area contributed by atoms with E-state index < -0.39 is 11.7 Å². The minimum absolute atomic E-state index is 0.190. The summed E-state index contributed by atoms with van der Waals surface area (Å²) in [6, 6.07) is 14.0. The molecular weight excluding hydrogens is 400 g/mol. The summed E-state index contributed by atoms with van der Waals surface area (Å²) in [4.78, 5) is 24.2. The second-order valence-electron chi connectivity index (χ2n) is 7.09. The number of nitrogens with zero attached hydrogens (tertiary/aromatic N) is 2. The molecule has 2 aromatic heterocycles. The Bertz CT molecular complexity index is 1230. The van der Waals surface area contributed by atoms with Gasteiger partial charge in [0.25, 0.3) is 0 Å². The molecule has 0 spiro atoms. The monoisotopic (exact) mass is 422 g/mol. The summed E-state index contributed by atoms with van der Waals surface area (Å²) < 4.78 is 22.9. The van der Waals surface area contributed by atoms with Gasteiger partial charge in [0.15, 0.2) is 5.58 Å². The molecule has 0 saturated carbocycles. The molecule has 0 saturated heterocycles. The van der Waals surface area contributed by atoms with Gasteiger partial charge in [0.2, 0.25) is 0 Å². The Hall–Kier alpha value is -3.81. The van der Waals surface area contributed by atoms with Crippen LogP contribution in [0, 0.1) is 13.8 Å². The van der Waals surface area contributed by atoms with Crippen molar-refractivity contribution >= 4 is 17.1 Å². The van der Waals surface area contributed by atoms with E-state index in [-0.39, 0.29) is 6.61 Å². The van der Waals surface area contributed by atoms with Crippen molar-refractivity contribution in [2.24, 2.45) is 0 Å². The first kappa shape index (κ1) is 20.5. The normalized spacial score (nSPS) is 11.0. The van der Waals surface area contributed by atoms with Crippen molar-refractivity contribution in [3.8, 4) is 5.75 Å². The van der Waals surface area contributed by atoms with Crippen molar-refractivity contribution in [2.75, 3.05) is 6.61 Å². The molecular formula is C23H22N2O6. The Labute approximate surface area is 178 Å². The SMILES string of the molecule is Cc1noc(C)c1COc1ccc(C(=O)OCCCn2c(=O)oc3ccccc32)cc1. The summed E-state index contributed by atoms with van der Waals surface area (Å²) in [5, 5.41) is 3.90. The first-order valence-corrected chi connectivity index (χ1v) is 9.93. The zero-order chi connectivity index (χ0) is 21.8. The van der Waals surface area contributed by atoms with Crippen LogP contribution < -0.4 is 10.5 Å². The lowest BCUT2D eigenvalue weighted by molar-refractivity contribution is 0.0496. The van der Waals surface area contributed by atoms with Crippen LogP contribution in [0.25, 0.3) is 11.1 Å². The second kappa shape index (κ2) is 8.91. The summed E-state index contributed by atoms with van der Waals surface area (Å²) in [7, 11) is 0. The van der Waals surface area contributed by atoms with Gasteiger partial charge in [-0.1, -0.05) is 17.3 Å². The maximum absolute atomic E-state index is 12.3. The molecule has 0 N–H and O–H groups in total. The smallest absolute Gasteiger partial charge is 0.419 e. The molecule has 8 heteroatoms. The van der Waals surface area contributed by atoms with Gasteiger partial charge in [0.05, 0.1) is 28.9 Å². The molecule has 4 aromatic rings. The van der Waals surface area contributed by atoms with E-state index in [1.165, 1.54) is 4.57 Å². The highest BCUT2D eigenvalue weighted by molar-refractivity contribution is 5.89. The molecule has 31 heavy (non-hydrogen) atoms. The number of oxazole rings is 1. The van der Waals surface area contributed by atoms with E-state index in [1.54, 1.807) is 30.3 Å². The molecule has 0 amide bonds.